The molecule has 0 radical (unpaired) electrons. The molecule has 3 rings (SSSR count). The third-order valence-electron chi connectivity index (χ3n) is 4.21. The van der Waals surface area contributed by atoms with Gasteiger partial charge in [-0.25, -0.2) is 0 Å². The lowest BCUT2D eigenvalue weighted by Crippen LogP contribution is -2.30. The van der Waals surface area contributed by atoms with Crippen LogP contribution in [0.4, 0.5) is 0 Å². The molecule has 0 aromatic heterocycles. The first kappa shape index (κ1) is 11.2. The molecule has 2 N–H and O–H groups in total. The van der Waals surface area contributed by atoms with Gasteiger partial charge in [0.2, 0.25) is 0 Å². The highest BCUT2D eigenvalue weighted by atomic mass is 16.5. The number of nitrogens with two attached hydrogens (primary N) is 1. The predicted molar refractivity (Wildman–Crippen MR) is 69.0 cm³/mol. The van der Waals surface area contributed by atoms with Crippen LogP contribution in [0.5, 0.6) is 0 Å². The summed E-state index contributed by atoms with van der Waals surface area (Å²) < 4.78 is 5.40. The van der Waals surface area contributed by atoms with E-state index in [2.05, 4.69) is 24.3 Å². The second-order valence-corrected chi connectivity index (χ2v) is 5.56. The van der Waals surface area contributed by atoms with Crippen molar-refractivity contribution < 1.29 is 4.74 Å². The molecule has 0 bridgehead atoms. The van der Waals surface area contributed by atoms with Gasteiger partial charge in [-0.3, -0.25) is 0 Å². The Morgan fingerprint density at radius 3 is 2.94 bits per heavy atom. The van der Waals surface area contributed by atoms with E-state index in [1.165, 1.54) is 24.0 Å². The number of ether oxygens (including phenoxy) is 1. The summed E-state index contributed by atoms with van der Waals surface area (Å²) in [6.07, 6.45) is 4.71. The Kier molecular flexibility index (Phi) is 3.17. The van der Waals surface area contributed by atoms with Crippen LogP contribution in [0.15, 0.2) is 24.3 Å². The first-order chi connectivity index (χ1) is 8.33. The van der Waals surface area contributed by atoms with Gasteiger partial charge in [0.05, 0.1) is 0 Å². The first-order valence-electron chi connectivity index (χ1n) is 6.74. The van der Waals surface area contributed by atoms with Crippen molar-refractivity contribution in [2.45, 2.75) is 37.6 Å². The van der Waals surface area contributed by atoms with Crippen molar-refractivity contribution in [3.8, 4) is 0 Å². The van der Waals surface area contributed by atoms with Crippen LogP contribution in [0.2, 0.25) is 0 Å². The van der Waals surface area contributed by atoms with Crippen molar-refractivity contribution in [3.05, 3.63) is 35.4 Å². The molecule has 1 heterocycles. The molecule has 3 unspecified atom stereocenters. The molecule has 1 aliphatic heterocycles. The van der Waals surface area contributed by atoms with E-state index < -0.39 is 0 Å². The fraction of sp³-hybridized carbons (Fsp3) is 0.600. The molecule has 17 heavy (non-hydrogen) atoms. The van der Waals surface area contributed by atoms with E-state index in [-0.39, 0.29) is 0 Å². The summed E-state index contributed by atoms with van der Waals surface area (Å²) in [6, 6.07) is 9.11. The molecule has 1 aliphatic carbocycles. The predicted octanol–water partition coefficient (Wildman–Crippen LogP) is 2.47. The molecule has 0 saturated carbocycles. The Bertz CT molecular complexity index is 384. The maximum absolute atomic E-state index is 6.27. The molecule has 1 aromatic carbocycles. The fourth-order valence-electron chi connectivity index (χ4n) is 3.23. The van der Waals surface area contributed by atoms with Crippen LogP contribution in [0.25, 0.3) is 0 Å². The van der Waals surface area contributed by atoms with E-state index in [1.807, 2.05) is 0 Å². The molecule has 3 atom stereocenters. The van der Waals surface area contributed by atoms with Crippen LogP contribution in [-0.2, 0) is 11.2 Å². The number of hydrogen-bond acceptors (Lipinski definition) is 2. The van der Waals surface area contributed by atoms with Crippen molar-refractivity contribution >= 4 is 0 Å². The van der Waals surface area contributed by atoms with Crippen LogP contribution in [-0.4, -0.2) is 19.3 Å². The summed E-state index contributed by atoms with van der Waals surface area (Å²) in [5.41, 5.74) is 9.32. The minimum Gasteiger partial charge on any atom is -0.381 e. The average molecular weight is 231 g/mol. The van der Waals surface area contributed by atoms with Gasteiger partial charge in [-0.1, -0.05) is 24.3 Å². The molecule has 1 aromatic rings. The standard InChI is InChI=1S/C15H21NO/c16-14(7-11-5-6-17-10-11)9-13-8-12-3-1-2-4-15(12)13/h1-4,11,13-14H,5-10,16H2. The van der Waals surface area contributed by atoms with E-state index in [0.29, 0.717) is 17.9 Å². The Balaban J connectivity index is 1.51. The molecule has 0 amide bonds. The van der Waals surface area contributed by atoms with Gasteiger partial charge in [-0.2, -0.15) is 0 Å². The summed E-state index contributed by atoms with van der Waals surface area (Å²) in [5, 5.41) is 0. The van der Waals surface area contributed by atoms with Gasteiger partial charge in [-0.15, -0.1) is 0 Å². The summed E-state index contributed by atoms with van der Waals surface area (Å²) in [5.74, 6) is 1.42. The highest BCUT2D eigenvalue weighted by Crippen LogP contribution is 2.38. The van der Waals surface area contributed by atoms with Gasteiger partial charge >= 0.3 is 0 Å². The van der Waals surface area contributed by atoms with Gasteiger partial charge in [0.1, 0.15) is 0 Å². The number of rotatable bonds is 4. The van der Waals surface area contributed by atoms with Gasteiger partial charge in [0.25, 0.3) is 0 Å². The van der Waals surface area contributed by atoms with Crippen LogP contribution in [0, 0.1) is 5.92 Å². The maximum Gasteiger partial charge on any atom is 0.0495 e. The van der Waals surface area contributed by atoms with E-state index in [0.717, 1.165) is 26.1 Å². The zero-order chi connectivity index (χ0) is 11.7. The smallest absolute Gasteiger partial charge is 0.0495 e. The monoisotopic (exact) mass is 231 g/mol. The number of hydrogen-bond donors (Lipinski definition) is 1. The van der Waals surface area contributed by atoms with Gasteiger partial charge in [-0.05, 0) is 48.6 Å². The second-order valence-electron chi connectivity index (χ2n) is 5.56. The lowest BCUT2D eigenvalue weighted by atomic mass is 9.74. The molecule has 0 spiro atoms. The molecule has 1 fully saturated rings. The topological polar surface area (TPSA) is 35.2 Å². The Morgan fingerprint density at radius 1 is 1.29 bits per heavy atom. The second kappa shape index (κ2) is 4.79. The van der Waals surface area contributed by atoms with Gasteiger partial charge in [0.15, 0.2) is 0 Å². The number of fused-ring (bicyclic) bond motifs is 1. The zero-order valence-electron chi connectivity index (χ0n) is 10.3. The first-order valence-corrected chi connectivity index (χ1v) is 6.74. The maximum atomic E-state index is 6.27. The van der Waals surface area contributed by atoms with Crippen LogP contribution in [0.1, 0.15) is 36.3 Å². The SMILES string of the molecule is NC(CC1CCOC1)CC1Cc2ccccc21. The van der Waals surface area contributed by atoms with E-state index >= 15 is 0 Å². The average Bonchev–Trinajstić information content (AvgIpc) is 2.79. The number of benzene rings is 1. The largest absolute Gasteiger partial charge is 0.381 e. The summed E-state index contributed by atoms with van der Waals surface area (Å²) in [7, 11) is 0. The van der Waals surface area contributed by atoms with Crippen LogP contribution in [0.3, 0.4) is 0 Å². The molecule has 2 aliphatic rings. The quantitative estimate of drug-likeness (QED) is 0.864. The highest BCUT2D eigenvalue weighted by Gasteiger charge is 2.28. The molecule has 92 valence electrons. The van der Waals surface area contributed by atoms with Crippen molar-refractivity contribution in [2.24, 2.45) is 11.7 Å². The van der Waals surface area contributed by atoms with Gasteiger partial charge in [0, 0.05) is 19.3 Å². The van der Waals surface area contributed by atoms with Crippen molar-refractivity contribution in [1.82, 2.24) is 0 Å². The third kappa shape index (κ3) is 2.38. The minimum atomic E-state index is 0.347. The van der Waals surface area contributed by atoms with Crippen molar-refractivity contribution in [2.75, 3.05) is 13.2 Å². The minimum absolute atomic E-state index is 0.347. The van der Waals surface area contributed by atoms with E-state index in [4.69, 9.17) is 10.5 Å². The van der Waals surface area contributed by atoms with Gasteiger partial charge < -0.3 is 10.5 Å². The van der Waals surface area contributed by atoms with E-state index in [9.17, 15) is 0 Å². The van der Waals surface area contributed by atoms with Crippen molar-refractivity contribution in [3.63, 3.8) is 0 Å². The Morgan fingerprint density at radius 2 is 2.18 bits per heavy atom. The normalized spacial score (nSPS) is 28.5. The summed E-state index contributed by atoms with van der Waals surface area (Å²) in [6.45, 7) is 1.86. The molecule has 1 saturated heterocycles. The molecular weight excluding hydrogens is 210 g/mol. The molecular formula is C15H21NO. The highest BCUT2D eigenvalue weighted by molar-refractivity contribution is 5.39. The lowest BCUT2D eigenvalue weighted by Gasteiger charge is -2.32. The van der Waals surface area contributed by atoms with Crippen molar-refractivity contribution in [1.29, 1.82) is 0 Å². The fourth-order valence-corrected chi connectivity index (χ4v) is 3.23. The Labute approximate surface area is 103 Å². The molecule has 2 heteroatoms. The third-order valence-corrected chi connectivity index (χ3v) is 4.21. The summed E-state index contributed by atoms with van der Waals surface area (Å²) in [4.78, 5) is 0. The van der Waals surface area contributed by atoms with E-state index in [1.54, 1.807) is 0 Å². The van der Waals surface area contributed by atoms with Crippen LogP contribution >= 0.6 is 0 Å². The Hall–Kier alpha value is -0.860. The molecule has 2 nitrogen and oxygen atoms in total. The van der Waals surface area contributed by atoms with Crippen LogP contribution < -0.4 is 5.73 Å². The summed E-state index contributed by atoms with van der Waals surface area (Å²) >= 11 is 0. The lowest BCUT2D eigenvalue weighted by molar-refractivity contribution is 0.182. The zero-order valence-corrected chi connectivity index (χ0v) is 10.3.